The summed E-state index contributed by atoms with van der Waals surface area (Å²) in [5.41, 5.74) is 6.87. The number of carbonyl (C=O) groups excluding carboxylic acids is 1. The number of unbranched alkanes of at least 4 members (excludes halogenated alkanes) is 2. The third-order valence-electron chi connectivity index (χ3n) is 2.69. The molecule has 96 valence electrons. The van der Waals surface area contributed by atoms with Crippen molar-refractivity contribution in [3.8, 4) is 0 Å². The molecule has 0 aromatic carbocycles. The Labute approximate surface area is 105 Å². The van der Waals surface area contributed by atoms with Gasteiger partial charge in [0.15, 0.2) is 5.65 Å². The second-order valence-electron chi connectivity index (χ2n) is 4.18. The minimum absolute atomic E-state index is 0.378. The maximum absolute atomic E-state index is 11.0. The Morgan fingerprint density at radius 3 is 3.06 bits per heavy atom. The molecule has 0 saturated carbocycles. The highest BCUT2D eigenvalue weighted by Crippen LogP contribution is 2.13. The lowest BCUT2D eigenvalue weighted by Crippen LogP contribution is -2.10. The number of carbonyl (C=O) groups is 1. The smallest absolute Gasteiger partial charge is 0.250 e. The van der Waals surface area contributed by atoms with Crippen molar-refractivity contribution in [1.29, 1.82) is 0 Å². The van der Waals surface area contributed by atoms with Crippen molar-refractivity contribution < 1.29 is 4.79 Å². The molecule has 4 N–H and O–H groups in total. The second kappa shape index (κ2) is 5.48. The fourth-order valence-electron chi connectivity index (χ4n) is 1.70. The van der Waals surface area contributed by atoms with E-state index in [1.807, 2.05) is 0 Å². The topological polar surface area (TPSA) is 96.7 Å². The van der Waals surface area contributed by atoms with E-state index in [1.165, 1.54) is 19.0 Å². The first-order chi connectivity index (χ1) is 8.70. The van der Waals surface area contributed by atoms with Crippen LogP contribution in [0.1, 0.15) is 36.5 Å². The first kappa shape index (κ1) is 12.3. The average molecular weight is 247 g/mol. The molecular weight excluding hydrogens is 230 g/mol. The molecule has 0 fully saturated rings. The summed E-state index contributed by atoms with van der Waals surface area (Å²) in [4.78, 5) is 22.5. The number of nitrogens with zero attached hydrogens (tertiary/aromatic N) is 2. The largest absolute Gasteiger partial charge is 0.366 e. The molecule has 0 bridgehead atoms. The van der Waals surface area contributed by atoms with E-state index in [9.17, 15) is 4.79 Å². The van der Waals surface area contributed by atoms with Gasteiger partial charge in [-0.3, -0.25) is 4.79 Å². The zero-order valence-corrected chi connectivity index (χ0v) is 10.4. The van der Waals surface area contributed by atoms with Gasteiger partial charge in [-0.05, 0) is 12.5 Å². The zero-order valence-electron chi connectivity index (χ0n) is 10.4. The molecule has 2 rings (SSSR count). The molecular formula is C12H17N5O. The third-order valence-corrected chi connectivity index (χ3v) is 2.69. The number of aromatic amines is 1. The van der Waals surface area contributed by atoms with Crippen LogP contribution in [0.25, 0.3) is 11.2 Å². The number of anilines is 1. The van der Waals surface area contributed by atoms with Gasteiger partial charge in [-0.2, -0.15) is 4.98 Å². The van der Waals surface area contributed by atoms with E-state index in [0.717, 1.165) is 13.0 Å². The highest BCUT2D eigenvalue weighted by atomic mass is 16.1. The molecule has 2 aromatic heterocycles. The van der Waals surface area contributed by atoms with Crippen molar-refractivity contribution in [2.75, 3.05) is 11.9 Å². The van der Waals surface area contributed by atoms with Gasteiger partial charge in [0.25, 0.3) is 0 Å². The molecule has 0 saturated heterocycles. The molecule has 0 aliphatic rings. The number of H-pyrrole nitrogens is 1. The predicted octanol–water partition coefficient (Wildman–Crippen LogP) is 1.66. The third kappa shape index (κ3) is 2.77. The van der Waals surface area contributed by atoms with E-state index in [2.05, 4.69) is 27.2 Å². The molecule has 18 heavy (non-hydrogen) atoms. The Hall–Kier alpha value is -2.11. The van der Waals surface area contributed by atoms with Crippen LogP contribution in [0, 0.1) is 0 Å². The van der Waals surface area contributed by atoms with Crippen molar-refractivity contribution in [3.63, 3.8) is 0 Å². The van der Waals surface area contributed by atoms with E-state index in [1.54, 1.807) is 6.07 Å². The molecule has 0 spiro atoms. The number of fused-ring (bicyclic) bond motifs is 1. The number of pyridine rings is 1. The SMILES string of the molecule is CCCCCNc1nc2ncc(C(N)=O)cc2[nH]1. The predicted molar refractivity (Wildman–Crippen MR) is 70.4 cm³/mol. The highest BCUT2D eigenvalue weighted by molar-refractivity contribution is 5.95. The first-order valence-corrected chi connectivity index (χ1v) is 6.10. The van der Waals surface area contributed by atoms with Gasteiger partial charge in [0, 0.05) is 12.7 Å². The Morgan fingerprint density at radius 2 is 2.33 bits per heavy atom. The number of aromatic nitrogens is 3. The van der Waals surface area contributed by atoms with Crippen LogP contribution in [-0.2, 0) is 0 Å². The zero-order chi connectivity index (χ0) is 13.0. The summed E-state index contributed by atoms with van der Waals surface area (Å²) < 4.78 is 0. The minimum Gasteiger partial charge on any atom is -0.366 e. The van der Waals surface area contributed by atoms with Crippen LogP contribution in [0.15, 0.2) is 12.3 Å². The van der Waals surface area contributed by atoms with E-state index in [0.29, 0.717) is 22.7 Å². The van der Waals surface area contributed by atoms with Gasteiger partial charge in [-0.25, -0.2) is 4.98 Å². The normalized spacial score (nSPS) is 10.7. The van der Waals surface area contributed by atoms with Crippen molar-refractivity contribution in [1.82, 2.24) is 15.0 Å². The summed E-state index contributed by atoms with van der Waals surface area (Å²) in [5.74, 6) is 0.187. The molecule has 2 aromatic rings. The Kier molecular flexibility index (Phi) is 3.76. The number of hydrogen-bond acceptors (Lipinski definition) is 4. The van der Waals surface area contributed by atoms with Crippen LogP contribution in [0.4, 0.5) is 5.95 Å². The molecule has 0 atom stereocenters. The number of hydrogen-bond donors (Lipinski definition) is 3. The number of nitrogens with two attached hydrogens (primary N) is 1. The highest BCUT2D eigenvalue weighted by Gasteiger charge is 2.07. The molecule has 6 nitrogen and oxygen atoms in total. The molecule has 1 amide bonds. The van der Waals surface area contributed by atoms with Gasteiger partial charge in [-0.15, -0.1) is 0 Å². The standard InChI is InChI=1S/C12H17N5O/c1-2-3-4-5-14-12-16-9-6-8(10(13)18)7-15-11(9)17-12/h6-7H,2-5H2,1H3,(H2,13,18)(H2,14,15,16,17). The van der Waals surface area contributed by atoms with Crippen molar-refractivity contribution in [3.05, 3.63) is 17.8 Å². The van der Waals surface area contributed by atoms with Crippen LogP contribution >= 0.6 is 0 Å². The summed E-state index contributed by atoms with van der Waals surface area (Å²) in [7, 11) is 0. The monoisotopic (exact) mass is 247 g/mol. The van der Waals surface area contributed by atoms with Gasteiger partial charge in [0.1, 0.15) is 0 Å². The molecule has 6 heteroatoms. The fraction of sp³-hybridized carbons (Fsp3) is 0.417. The number of rotatable bonds is 6. The van der Waals surface area contributed by atoms with E-state index >= 15 is 0 Å². The molecule has 0 radical (unpaired) electrons. The van der Waals surface area contributed by atoms with E-state index in [-0.39, 0.29) is 0 Å². The molecule has 0 aliphatic carbocycles. The van der Waals surface area contributed by atoms with Gasteiger partial charge in [0.2, 0.25) is 11.9 Å². The maximum Gasteiger partial charge on any atom is 0.250 e. The summed E-state index contributed by atoms with van der Waals surface area (Å²) in [5, 5.41) is 3.19. The number of primary amides is 1. The van der Waals surface area contributed by atoms with Crippen LogP contribution in [0.2, 0.25) is 0 Å². The van der Waals surface area contributed by atoms with Crippen LogP contribution < -0.4 is 11.1 Å². The van der Waals surface area contributed by atoms with Crippen molar-refractivity contribution >= 4 is 23.0 Å². The van der Waals surface area contributed by atoms with E-state index < -0.39 is 5.91 Å². The van der Waals surface area contributed by atoms with Crippen LogP contribution in [0.5, 0.6) is 0 Å². The summed E-state index contributed by atoms with van der Waals surface area (Å²) in [6.07, 6.45) is 4.92. The fourth-order valence-corrected chi connectivity index (χ4v) is 1.70. The number of amides is 1. The summed E-state index contributed by atoms with van der Waals surface area (Å²) in [6.45, 7) is 3.03. The Balaban J connectivity index is 2.09. The molecule has 2 heterocycles. The summed E-state index contributed by atoms with van der Waals surface area (Å²) in [6, 6.07) is 1.66. The van der Waals surface area contributed by atoms with Gasteiger partial charge in [0.05, 0.1) is 11.1 Å². The lowest BCUT2D eigenvalue weighted by atomic mass is 10.2. The molecule has 0 unspecified atom stereocenters. The second-order valence-corrected chi connectivity index (χ2v) is 4.18. The minimum atomic E-state index is -0.489. The van der Waals surface area contributed by atoms with Crippen LogP contribution in [0.3, 0.4) is 0 Å². The van der Waals surface area contributed by atoms with Gasteiger partial charge < -0.3 is 16.0 Å². The van der Waals surface area contributed by atoms with Crippen LogP contribution in [-0.4, -0.2) is 27.4 Å². The van der Waals surface area contributed by atoms with Gasteiger partial charge >= 0.3 is 0 Å². The lowest BCUT2D eigenvalue weighted by molar-refractivity contribution is 0.1000. The average Bonchev–Trinajstić information content (AvgIpc) is 2.76. The lowest BCUT2D eigenvalue weighted by Gasteiger charge is -2.00. The quantitative estimate of drug-likeness (QED) is 0.676. The molecule has 0 aliphatic heterocycles. The van der Waals surface area contributed by atoms with Crippen molar-refractivity contribution in [2.45, 2.75) is 26.2 Å². The Bertz CT molecular complexity index is 548. The van der Waals surface area contributed by atoms with Gasteiger partial charge in [-0.1, -0.05) is 19.8 Å². The first-order valence-electron chi connectivity index (χ1n) is 6.10. The van der Waals surface area contributed by atoms with E-state index in [4.69, 9.17) is 5.73 Å². The number of nitrogens with one attached hydrogen (secondary N) is 2. The number of imidazole rings is 1. The summed E-state index contributed by atoms with van der Waals surface area (Å²) >= 11 is 0. The van der Waals surface area contributed by atoms with Crippen molar-refractivity contribution in [2.24, 2.45) is 5.73 Å². The maximum atomic E-state index is 11.0. The Morgan fingerprint density at radius 1 is 1.50 bits per heavy atom.